The van der Waals surface area contributed by atoms with Crippen molar-refractivity contribution < 1.29 is 19.4 Å². The van der Waals surface area contributed by atoms with E-state index >= 15 is 0 Å². The first-order valence-electron chi connectivity index (χ1n) is 13.3. The Labute approximate surface area is 236 Å². The van der Waals surface area contributed by atoms with Crippen molar-refractivity contribution in [3.05, 3.63) is 95.8 Å². The van der Waals surface area contributed by atoms with Crippen molar-refractivity contribution in [1.29, 1.82) is 0 Å². The van der Waals surface area contributed by atoms with Crippen LogP contribution in [-0.4, -0.2) is 54.7 Å². The number of carboxylic acid groups (broad SMARTS) is 1. The van der Waals surface area contributed by atoms with Crippen LogP contribution in [0.1, 0.15) is 45.2 Å². The van der Waals surface area contributed by atoms with Gasteiger partial charge in [0.15, 0.2) is 5.65 Å². The molecule has 1 atom stereocenters. The van der Waals surface area contributed by atoms with Gasteiger partial charge in [-0.25, -0.2) is 19.4 Å². The molecule has 0 radical (unpaired) electrons. The number of nitrogen functional groups attached to an aromatic ring is 1. The number of likely N-dealkylation sites (tertiary alicyclic amines) is 1. The molecule has 1 aliphatic heterocycles. The highest BCUT2D eigenvalue weighted by Gasteiger charge is 2.29. The molecule has 0 aliphatic carbocycles. The number of anilines is 1. The van der Waals surface area contributed by atoms with Gasteiger partial charge in [0.25, 0.3) is 5.91 Å². The third kappa shape index (κ3) is 5.07. The Morgan fingerprint density at radius 3 is 2.49 bits per heavy atom. The number of piperidine rings is 1. The summed E-state index contributed by atoms with van der Waals surface area (Å²) in [7, 11) is 0. The van der Waals surface area contributed by atoms with E-state index in [9.17, 15) is 14.7 Å². The van der Waals surface area contributed by atoms with Crippen LogP contribution in [0.3, 0.4) is 0 Å². The monoisotopic (exact) mass is 548 g/mol. The second-order valence-corrected chi connectivity index (χ2v) is 10.1. The van der Waals surface area contributed by atoms with Gasteiger partial charge in [-0.2, -0.15) is 5.10 Å². The van der Waals surface area contributed by atoms with E-state index < -0.39 is 5.97 Å². The zero-order valence-electron chi connectivity index (χ0n) is 22.4. The van der Waals surface area contributed by atoms with Crippen LogP contribution < -0.4 is 10.5 Å². The minimum atomic E-state index is -1.01. The fraction of sp³-hybridized carbons (Fsp3) is 0.194. The number of para-hydroxylation sites is 1. The van der Waals surface area contributed by atoms with Crippen LogP contribution in [0.2, 0.25) is 0 Å². The summed E-state index contributed by atoms with van der Waals surface area (Å²) in [6, 6.07) is 21.7. The number of aromatic nitrogens is 4. The molecule has 3 N–H and O–H groups in total. The van der Waals surface area contributed by atoms with Crippen LogP contribution >= 0.6 is 0 Å². The van der Waals surface area contributed by atoms with E-state index in [0.29, 0.717) is 52.5 Å². The van der Waals surface area contributed by atoms with Gasteiger partial charge in [0.2, 0.25) is 0 Å². The maximum atomic E-state index is 13.4. The molecule has 3 heterocycles. The fourth-order valence-electron chi connectivity index (χ4n) is 5.32. The standard InChI is InChI=1S/C31H28N6O4/c1-19-16-21(11-14-25(19)31(39)40)30(38)36-15-5-6-22(17-36)37-29-26(28(32)33-18-34-29)27(35-37)20-9-12-24(13-10-20)41-23-7-3-2-4-8-23/h2-4,7-14,16,18,22H,5-6,15,17H2,1H3,(H,39,40)(H2,32,33,34). The summed E-state index contributed by atoms with van der Waals surface area (Å²) in [4.78, 5) is 35.3. The average Bonchev–Trinajstić information content (AvgIpc) is 3.38. The summed E-state index contributed by atoms with van der Waals surface area (Å²) >= 11 is 0. The highest BCUT2D eigenvalue weighted by molar-refractivity contribution is 5.99. The van der Waals surface area contributed by atoms with E-state index in [1.165, 1.54) is 12.4 Å². The number of ether oxygens (including phenoxy) is 1. The quantitative estimate of drug-likeness (QED) is 0.290. The van der Waals surface area contributed by atoms with E-state index in [-0.39, 0.29) is 17.5 Å². The molecule has 0 bridgehead atoms. The average molecular weight is 549 g/mol. The number of hydrogen-bond donors (Lipinski definition) is 2. The predicted octanol–water partition coefficient (Wildman–Crippen LogP) is 5.35. The number of carbonyl (C=O) groups is 2. The van der Waals surface area contributed by atoms with Crippen LogP contribution in [-0.2, 0) is 0 Å². The Morgan fingerprint density at radius 1 is 1.00 bits per heavy atom. The number of fused-ring (bicyclic) bond motifs is 1. The smallest absolute Gasteiger partial charge is 0.335 e. The number of nitrogens with two attached hydrogens (primary N) is 1. The summed E-state index contributed by atoms with van der Waals surface area (Å²) in [5, 5.41) is 15.0. The lowest BCUT2D eigenvalue weighted by atomic mass is 10.0. The fourth-order valence-corrected chi connectivity index (χ4v) is 5.32. The molecule has 0 spiro atoms. The molecule has 206 valence electrons. The first kappa shape index (κ1) is 26.0. The van der Waals surface area contributed by atoms with Gasteiger partial charge in [-0.3, -0.25) is 4.79 Å². The van der Waals surface area contributed by atoms with E-state index in [0.717, 1.165) is 24.2 Å². The third-order valence-corrected chi connectivity index (χ3v) is 7.36. The Kier molecular flexibility index (Phi) is 6.80. The molecular formula is C31H28N6O4. The topological polar surface area (TPSA) is 136 Å². The Hall–Kier alpha value is -5.25. The zero-order chi connectivity index (χ0) is 28.5. The number of amides is 1. The van der Waals surface area contributed by atoms with Crippen molar-refractivity contribution in [3.63, 3.8) is 0 Å². The second kappa shape index (κ2) is 10.7. The van der Waals surface area contributed by atoms with Gasteiger partial charge < -0.3 is 20.5 Å². The first-order valence-corrected chi connectivity index (χ1v) is 13.3. The lowest BCUT2D eigenvalue weighted by Crippen LogP contribution is -2.41. The minimum Gasteiger partial charge on any atom is -0.478 e. The highest BCUT2D eigenvalue weighted by Crippen LogP contribution is 2.35. The molecule has 1 amide bonds. The lowest BCUT2D eigenvalue weighted by molar-refractivity contribution is 0.0668. The van der Waals surface area contributed by atoms with Gasteiger partial charge in [0, 0.05) is 24.2 Å². The molecule has 5 aromatic rings. The van der Waals surface area contributed by atoms with Gasteiger partial charge in [0.1, 0.15) is 29.3 Å². The number of rotatable bonds is 6. The van der Waals surface area contributed by atoms with Crippen molar-refractivity contribution in [3.8, 4) is 22.8 Å². The zero-order valence-corrected chi connectivity index (χ0v) is 22.4. The van der Waals surface area contributed by atoms with Crippen molar-refractivity contribution >= 4 is 28.7 Å². The Balaban J connectivity index is 1.29. The molecule has 1 saturated heterocycles. The van der Waals surface area contributed by atoms with E-state index in [1.807, 2.05) is 59.3 Å². The van der Waals surface area contributed by atoms with Gasteiger partial charge in [-0.15, -0.1) is 0 Å². The number of aryl methyl sites for hydroxylation is 1. The van der Waals surface area contributed by atoms with Crippen molar-refractivity contribution in [2.45, 2.75) is 25.8 Å². The van der Waals surface area contributed by atoms with Crippen LogP contribution in [0.5, 0.6) is 11.5 Å². The van der Waals surface area contributed by atoms with Crippen LogP contribution in [0.4, 0.5) is 5.82 Å². The maximum absolute atomic E-state index is 13.4. The number of carbonyl (C=O) groups excluding carboxylic acids is 1. The Bertz CT molecular complexity index is 1750. The summed E-state index contributed by atoms with van der Waals surface area (Å²) in [6.07, 6.45) is 3.02. The summed E-state index contributed by atoms with van der Waals surface area (Å²) in [5.41, 5.74) is 9.64. The van der Waals surface area contributed by atoms with Crippen molar-refractivity contribution in [1.82, 2.24) is 24.6 Å². The van der Waals surface area contributed by atoms with E-state index in [1.54, 1.807) is 24.0 Å². The van der Waals surface area contributed by atoms with Gasteiger partial charge in [-0.05, 0) is 79.9 Å². The molecule has 0 saturated carbocycles. The summed E-state index contributed by atoms with van der Waals surface area (Å²) in [5.74, 6) is 0.617. The first-order chi connectivity index (χ1) is 19.9. The number of benzene rings is 3. The molecule has 10 nitrogen and oxygen atoms in total. The van der Waals surface area contributed by atoms with Crippen molar-refractivity contribution in [2.24, 2.45) is 0 Å². The molecule has 1 unspecified atom stereocenters. The number of hydrogen-bond acceptors (Lipinski definition) is 7. The van der Waals surface area contributed by atoms with Crippen molar-refractivity contribution in [2.75, 3.05) is 18.8 Å². The third-order valence-electron chi connectivity index (χ3n) is 7.36. The van der Waals surface area contributed by atoms with Crippen LogP contribution in [0.15, 0.2) is 79.1 Å². The SMILES string of the molecule is Cc1cc(C(=O)N2CCCC(n3nc(-c4ccc(Oc5ccccc5)cc4)c4c(N)ncnc43)C2)ccc1C(=O)O. The highest BCUT2D eigenvalue weighted by atomic mass is 16.5. The summed E-state index contributed by atoms with van der Waals surface area (Å²) in [6.45, 7) is 2.73. The van der Waals surface area contributed by atoms with E-state index in [2.05, 4.69) is 9.97 Å². The minimum absolute atomic E-state index is 0.127. The lowest BCUT2D eigenvalue weighted by Gasteiger charge is -2.33. The molecule has 3 aromatic carbocycles. The largest absolute Gasteiger partial charge is 0.478 e. The normalized spacial score (nSPS) is 15.1. The predicted molar refractivity (Wildman–Crippen MR) is 154 cm³/mol. The number of carboxylic acids is 1. The molecule has 1 fully saturated rings. The molecule has 41 heavy (non-hydrogen) atoms. The molecule has 10 heteroatoms. The second-order valence-electron chi connectivity index (χ2n) is 10.1. The van der Waals surface area contributed by atoms with E-state index in [4.69, 9.17) is 15.6 Å². The molecule has 1 aliphatic rings. The van der Waals surface area contributed by atoms with Gasteiger partial charge >= 0.3 is 5.97 Å². The summed E-state index contributed by atoms with van der Waals surface area (Å²) < 4.78 is 7.79. The van der Waals surface area contributed by atoms with Crippen LogP contribution in [0, 0.1) is 6.92 Å². The van der Waals surface area contributed by atoms with Gasteiger partial charge in [-0.1, -0.05) is 18.2 Å². The molecule has 2 aromatic heterocycles. The number of nitrogens with zero attached hydrogens (tertiary/aromatic N) is 5. The molecule has 6 rings (SSSR count). The van der Waals surface area contributed by atoms with Crippen LogP contribution in [0.25, 0.3) is 22.3 Å². The maximum Gasteiger partial charge on any atom is 0.335 e. The number of aromatic carboxylic acids is 1. The van der Waals surface area contributed by atoms with Gasteiger partial charge in [0.05, 0.1) is 17.0 Å². The Morgan fingerprint density at radius 2 is 1.76 bits per heavy atom. The molecular weight excluding hydrogens is 520 g/mol.